The van der Waals surface area contributed by atoms with Crippen LogP contribution in [-0.4, -0.2) is 9.97 Å². The number of nitrogens with one attached hydrogen (secondary N) is 1. The second-order valence-corrected chi connectivity index (χ2v) is 5.24. The van der Waals surface area contributed by atoms with Crippen molar-refractivity contribution in [3.63, 3.8) is 0 Å². The van der Waals surface area contributed by atoms with Crippen molar-refractivity contribution in [1.29, 1.82) is 0 Å². The van der Waals surface area contributed by atoms with Gasteiger partial charge in [-0.2, -0.15) is 0 Å². The molecule has 0 amide bonds. The van der Waals surface area contributed by atoms with Crippen LogP contribution in [0.1, 0.15) is 18.3 Å². The molecule has 0 aliphatic rings. The van der Waals surface area contributed by atoms with E-state index in [1.807, 2.05) is 6.92 Å². The number of halogens is 3. The first-order chi connectivity index (χ1) is 9.08. The lowest BCUT2D eigenvalue weighted by molar-refractivity contribution is 0.612. The maximum Gasteiger partial charge on any atom is 0.134 e. The molecule has 3 nitrogen and oxygen atoms in total. The highest BCUT2D eigenvalue weighted by Gasteiger charge is 2.05. The molecule has 0 aliphatic heterocycles. The van der Waals surface area contributed by atoms with Gasteiger partial charge in [0.15, 0.2) is 0 Å². The molecule has 19 heavy (non-hydrogen) atoms. The van der Waals surface area contributed by atoms with E-state index >= 15 is 0 Å². The SMILES string of the molecule is CCc1nc(Cl)cc(NCc2cc(Br)ccc2F)n1. The topological polar surface area (TPSA) is 37.8 Å². The normalized spacial score (nSPS) is 10.5. The van der Waals surface area contributed by atoms with E-state index in [-0.39, 0.29) is 5.82 Å². The molecule has 2 aromatic rings. The Balaban J connectivity index is 2.14. The fraction of sp³-hybridized carbons (Fsp3) is 0.231. The molecule has 0 aliphatic carbocycles. The Bertz CT molecular complexity index is 592. The van der Waals surface area contributed by atoms with E-state index in [4.69, 9.17) is 11.6 Å². The Hall–Kier alpha value is -1.20. The molecule has 6 heteroatoms. The van der Waals surface area contributed by atoms with E-state index in [0.29, 0.717) is 35.3 Å². The number of hydrogen-bond donors (Lipinski definition) is 1. The van der Waals surface area contributed by atoms with Crippen LogP contribution >= 0.6 is 27.5 Å². The van der Waals surface area contributed by atoms with Crippen LogP contribution in [0, 0.1) is 5.82 Å². The summed E-state index contributed by atoms with van der Waals surface area (Å²) < 4.78 is 14.4. The van der Waals surface area contributed by atoms with Crippen LogP contribution < -0.4 is 5.32 Å². The van der Waals surface area contributed by atoms with E-state index in [1.165, 1.54) is 6.07 Å². The Morgan fingerprint density at radius 1 is 1.32 bits per heavy atom. The third-order valence-electron chi connectivity index (χ3n) is 2.53. The highest BCUT2D eigenvalue weighted by atomic mass is 79.9. The summed E-state index contributed by atoms with van der Waals surface area (Å²) >= 11 is 9.21. The Morgan fingerprint density at radius 3 is 2.84 bits per heavy atom. The maximum atomic E-state index is 13.6. The third kappa shape index (κ3) is 3.88. The van der Waals surface area contributed by atoms with E-state index in [9.17, 15) is 4.39 Å². The fourth-order valence-corrected chi connectivity index (χ4v) is 2.19. The predicted octanol–water partition coefficient (Wildman–Crippen LogP) is 4.21. The first kappa shape index (κ1) is 14.2. The lowest BCUT2D eigenvalue weighted by Gasteiger charge is -2.08. The number of aromatic nitrogens is 2. The summed E-state index contributed by atoms with van der Waals surface area (Å²) in [6.45, 7) is 2.28. The molecule has 0 atom stereocenters. The van der Waals surface area contributed by atoms with Gasteiger partial charge in [0.05, 0.1) is 0 Å². The van der Waals surface area contributed by atoms with Crippen LogP contribution in [0.2, 0.25) is 5.15 Å². The first-order valence-corrected chi connectivity index (χ1v) is 6.97. The Morgan fingerprint density at radius 2 is 2.11 bits per heavy atom. The quantitative estimate of drug-likeness (QED) is 0.845. The van der Waals surface area contributed by atoms with Crippen molar-refractivity contribution in [2.45, 2.75) is 19.9 Å². The molecule has 0 fully saturated rings. The minimum absolute atomic E-state index is 0.258. The van der Waals surface area contributed by atoms with Gasteiger partial charge in [-0.3, -0.25) is 0 Å². The smallest absolute Gasteiger partial charge is 0.134 e. The minimum Gasteiger partial charge on any atom is -0.366 e. The number of benzene rings is 1. The Kier molecular flexibility index (Phi) is 4.71. The lowest BCUT2D eigenvalue weighted by Crippen LogP contribution is -2.05. The summed E-state index contributed by atoms with van der Waals surface area (Å²) in [6.07, 6.45) is 0.695. The number of aryl methyl sites for hydroxylation is 1. The highest BCUT2D eigenvalue weighted by molar-refractivity contribution is 9.10. The van der Waals surface area contributed by atoms with Gasteiger partial charge in [-0.25, -0.2) is 14.4 Å². The van der Waals surface area contributed by atoms with E-state index in [2.05, 4.69) is 31.2 Å². The number of nitrogens with zero attached hydrogens (tertiary/aromatic N) is 2. The van der Waals surface area contributed by atoms with Crippen molar-refractivity contribution in [2.75, 3.05) is 5.32 Å². The third-order valence-corrected chi connectivity index (χ3v) is 3.21. The monoisotopic (exact) mass is 343 g/mol. The van der Waals surface area contributed by atoms with Crippen LogP contribution in [0.5, 0.6) is 0 Å². The van der Waals surface area contributed by atoms with Crippen LogP contribution in [0.25, 0.3) is 0 Å². The first-order valence-electron chi connectivity index (χ1n) is 5.79. The maximum absolute atomic E-state index is 13.6. The van der Waals surface area contributed by atoms with Crippen LogP contribution in [0.4, 0.5) is 10.2 Å². The summed E-state index contributed by atoms with van der Waals surface area (Å²) in [5, 5.41) is 3.43. The summed E-state index contributed by atoms with van der Waals surface area (Å²) in [7, 11) is 0. The summed E-state index contributed by atoms with van der Waals surface area (Å²) in [4.78, 5) is 8.35. The molecular weight excluding hydrogens is 333 g/mol. The van der Waals surface area contributed by atoms with Crippen molar-refractivity contribution in [2.24, 2.45) is 0 Å². The molecule has 0 spiro atoms. The summed E-state index contributed by atoms with van der Waals surface area (Å²) in [5.74, 6) is 0.993. The second-order valence-electron chi connectivity index (χ2n) is 3.93. The van der Waals surface area contributed by atoms with Gasteiger partial charge in [-0.1, -0.05) is 34.5 Å². The van der Waals surface area contributed by atoms with Gasteiger partial charge in [0, 0.05) is 29.1 Å². The lowest BCUT2D eigenvalue weighted by atomic mass is 10.2. The number of hydrogen-bond acceptors (Lipinski definition) is 3. The molecule has 0 saturated carbocycles. The molecule has 0 radical (unpaired) electrons. The van der Waals surface area contributed by atoms with Crippen LogP contribution in [-0.2, 0) is 13.0 Å². The molecule has 1 aromatic heterocycles. The van der Waals surface area contributed by atoms with Crippen LogP contribution in [0.15, 0.2) is 28.7 Å². The highest BCUT2D eigenvalue weighted by Crippen LogP contribution is 2.18. The molecule has 1 aromatic carbocycles. The number of rotatable bonds is 4. The molecule has 0 bridgehead atoms. The predicted molar refractivity (Wildman–Crippen MR) is 77.8 cm³/mol. The average Bonchev–Trinajstić information content (AvgIpc) is 2.39. The van der Waals surface area contributed by atoms with Gasteiger partial charge in [0.2, 0.25) is 0 Å². The number of anilines is 1. The zero-order valence-electron chi connectivity index (χ0n) is 10.3. The molecule has 0 saturated heterocycles. The van der Waals surface area contributed by atoms with Crippen molar-refractivity contribution >= 4 is 33.3 Å². The zero-order valence-corrected chi connectivity index (χ0v) is 12.6. The molecule has 1 heterocycles. The molecule has 100 valence electrons. The average molecular weight is 345 g/mol. The van der Waals surface area contributed by atoms with Crippen molar-refractivity contribution < 1.29 is 4.39 Å². The van der Waals surface area contributed by atoms with E-state index in [0.717, 1.165) is 4.47 Å². The largest absolute Gasteiger partial charge is 0.366 e. The molecular formula is C13H12BrClFN3. The van der Waals surface area contributed by atoms with Crippen molar-refractivity contribution in [3.05, 3.63) is 51.1 Å². The van der Waals surface area contributed by atoms with Gasteiger partial charge in [-0.15, -0.1) is 0 Å². The van der Waals surface area contributed by atoms with Crippen molar-refractivity contribution in [3.8, 4) is 0 Å². The van der Waals surface area contributed by atoms with Gasteiger partial charge >= 0.3 is 0 Å². The zero-order chi connectivity index (χ0) is 13.8. The standard InChI is InChI=1S/C13H12BrClFN3/c1-2-12-18-11(15)6-13(19-12)17-7-8-5-9(14)3-4-10(8)16/h3-6H,2,7H2,1H3,(H,17,18,19). The second kappa shape index (κ2) is 6.30. The van der Waals surface area contributed by atoms with Crippen LogP contribution in [0.3, 0.4) is 0 Å². The molecule has 2 rings (SSSR count). The van der Waals surface area contributed by atoms with Gasteiger partial charge in [0.25, 0.3) is 0 Å². The minimum atomic E-state index is -0.258. The molecule has 1 N–H and O–H groups in total. The molecule has 0 unspecified atom stereocenters. The summed E-state index contributed by atoms with van der Waals surface area (Å²) in [6, 6.07) is 6.43. The Labute approximate surface area is 124 Å². The van der Waals surface area contributed by atoms with Gasteiger partial charge < -0.3 is 5.32 Å². The van der Waals surface area contributed by atoms with Gasteiger partial charge in [0.1, 0.15) is 22.6 Å². The van der Waals surface area contributed by atoms with Gasteiger partial charge in [-0.05, 0) is 18.2 Å². The summed E-state index contributed by atoms with van der Waals surface area (Å²) in [5.41, 5.74) is 0.558. The van der Waals surface area contributed by atoms with E-state index in [1.54, 1.807) is 18.2 Å². The van der Waals surface area contributed by atoms with E-state index < -0.39 is 0 Å². The fourth-order valence-electron chi connectivity index (χ4n) is 1.58. The van der Waals surface area contributed by atoms with Crippen molar-refractivity contribution in [1.82, 2.24) is 9.97 Å².